The highest BCUT2D eigenvalue weighted by Crippen LogP contribution is 2.21. The fourth-order valence-electron chi connectivity index (χ4n) is 2.89. The first-order valence-electron chi connectivity index (χ1n) is 7.48. The van der Waals surface area contributed by atoms with E-state index in [0.717, 1.165) is 31.1 Å². The summed E-state index contributed by atoms with van der Waals surface area (Å²) in [5.74, 6) is 5.85. The third kappa shape index (κ3) is 4.05. The van der Waals surface area contributed by atoms with Crippen molar-refractivity contribution in [2.24, 2.45) is 11.8 Å². The molecule has 4 heteroatoms. The van der Waals surface area contributed by atoms with Crippen LogP contribution in [0.4, 0.5) is 0 Å². The van der Waals surface area contributed by atoms with Crippen LogP contribution in [-0.4, -0.2) is 30.4 Å². The number of nitrogens with one attached hydrogen (secondary N) is 1. The van der Waals surface area contributed by atoms with Gasteiger partial charge in [0.05, 0.1) is 5.92 Å². The van der Waals surface area contributed by atoms with Crippen molar-refractivity contribution >= 4 is 5.91 Å². The number of carbonyl (C=O) groups excluding carboxylic acids is 1. The van der Waals surface area contributed by atoms with Gasteiger partial charge in [-0.25, -0.2) is 5.84 Å². The SMILES string of the molecule is CC1CCCN(CC(C(=O)NN)c2ccccc2)CC1. The molecular weight excluding hydrogens is 250 g/mol. The smallest absolute Gasteiger partial charge is 0.242 e. The fraction of sp³-hybridized carbons (Fsp3) is 0.562. The van der Waals surface area contributed by atoms with Gasteiger partial charge >= 0.3 is 0 Å². The summed E-state index contributed by atoms with van der Waals surface area (Å²) < 4.78 is 0. The fourth-order valence-corrected chi connectivity index (χ4v) is 2.89. The Morgan fingerprint density at radius 3 is 2.80 bits per heavy atom. The van der Waals surface area contributed by atoms with Gasteiger partial charge < -0.3 is 4.90 Å². The predicted octanol–water partition coefficient (Wildman–Crippen LogP) is 1.88. The van der Waals surface area contributed by atoms with E-state index in [0.29, 0.717) is 0 Å². The van der Waals surface area contributed by atoms with Crippen LogP contribution in [0.2, 0.25) is 0 Å². The van der Waals surface area contributed by atoms with Crippen LogP contribution >= 0.6 is 0 Å². The van der Waals surface area contributed by atoms with Gasteiger partial charge in [-0.15, -0.1) is 0 Å². The molecule has 2 unspecified atom stereocenters. The van der Waals surface area contributed by atoms with Crippen molar-refractivity contribution in [2.45, 2.75) is 32.1 Å². The van der Waals surface area contributed by atoms with Gasteiger partial charge in [0.25, 0.3) is 0 Å². The number of hydrazine groups is 1. The van der Waals surface area contributed by atoms with Crippen molar-refractivity contribution in [3.63, 3.8) is 0 Å². The predicted molar refractivity (Wildman–Crippen MR) is 81.0 cm³/mol. The van der Waals surface area contributed by atoms with Crippen LogP contribution in [0, 0.1) is 5.92 Å². The Morgan fingerprint density at radius 2 is 2.10 bits per heavy atom. The molecule has 0 aliphatic carbocycles. The summed E-state index contributed by atoms with van der Waals surface area (Å²) in [6.45, 7) is 5.21. The van der Waals surface area contributed by atoms with Gasteiger partial charge in [-0.2, -0.15) is 0 Å². The minimum Gasteiger partial charge on any atom is -0.302 e. The van der Waals surface area contributed by atoms with Crippen LogP contribution in [0.25, 0.3) is 0 Å². The van der Waals surface area contributed by atoms with E-state index < -0.39 is 0 Å². The molecule has 2 atom stereocenters. The summed E-state index contributed by atoms with van der Waals surface area (Å²) in [4.78, 5) is 14.5. The molecule has 1 aromatic rings. The highest BCUT2D eigenvalue weighted by Gasteiger charge is 2.24. The number of nitrogens with two attached hydrogens (primary N) is 1. The number of carbonyl (C=O) groups is 1. The first kappa shape index (κ1) is 15.0. The van der Waals surface area contributed by atoms with Gasteiger partial charge in [0, 0.05) is 6.54 Å². The number of rotatable bonds is 4. The molecule has 20 heavy (non-hydrogen) atoms. The minimum atomic E-state index is -0.186. The molecule has 1 fully saturated rings. The Morgan fingerprint density at radius 1 is 1.35 bits per heavy atom. The normalized spacial score (nSPS) is 22.0. The molecule has 0 saturated carbocycles. The lowest BCUT2D eigenvalue weighted by Crippen LogP contribution is -2.40. The Kier molecular flexibility index (Phi) is 5.56. The van der Waals surface area contributed by atoms with E-state index in [2.05, 4.69) is 17.2 Å². The van der Waals surface area contributed by atoms with Crippen LogP contribution in [0.5, 0.6) is 0 Å². The Labute approximate surface area is 121 Å². The zero-order chi connectivity index (χ0) is 14.4. The molecule has 1 aliphatic rings. The second-order valence-electron chi connectivity index (χ2n) is 5.81. The van der Waals surface area contributed by atoms with Crippen molar-refractivity contribution in [3.8, 4) is 0 Å². The van der Waals surface area contributed by atoms with Gasteiger partial charge in [0.2, 0.25) is 5.91 Å². The van der Waals surface area contributed by atoms with Crippen molar-refractivity contribution in [3.05, 3.63) is 35.9 Å². The quantitative estimate of drug-likeness (QED) is 0.501. The standard InChI is InChI=1S/C16H25N3O/c1-13-6-5-10-19(11-9-13)12-15(16(20)18-17)14-7-3-2-4-8-14/h2-4,7-8,13,15H,5-6,9-12,17H2,1H3,(H,18,20). The lowest BCUT2D eigenvalue weighted by molar-refractivity contribution is -0.123. The molecule has 0 aromatic heterocycles. The van der Waals surface area contributed by atoms with E-state index >= 15 is 0 Å². The number of amides is 1. The summed E-state index contributed by atoms with van der Waals surface area (Å²) in [6, 6.07) is 9.91. The molecule has 0 radical (unpaired) electrons. The molecule has 1 saturated heterocycles. The molecule has 1 amide bonds. The number of likely N-dealkylation sites (tertiary alicyclic amines) is 1. The molecule has 2 rings (SSSR count). The minimum absolute atomic E-state index is 0.103. The van der Waals surface area contributed by atoms with Gasteiger partial charge in [-0.1, -0.05) is 37.3 Å². The number of nitrogens with zero attached hydrogens (tertiary/aromatic N) is 1. The van der Waals surface area contributed by atoms with E-state index in [9.17, 15) is 4.79 Å². The zero-order valence-corrected chi connectivity index (χ0v) is 12.2. The number of benzene rings is 1. The van der Waals surface area contributed by atoms with Crippen LogP contribution < -0.4 is 11.3 Å². The highest BCUT2D eigenvalue weighted by molar-refractivity contribution is 5.83. The highest BCUT2D eigenvalue weighted by atomic mass is 16.2. The van der Waals surface area contributed by atoms with E-state index in [1.54, 1.807) is 0 Å². The maximum Gasteiger partial charge on any atom is 0.242 e. The maximum absolute atomic E-state index is 12.1. The van der Waals surface area contributed by atoms with Crippen molar-refractivity contribution in [1.82, 2.24) is 10.3 Å². The van der Waals surface area contributed by atoms with Gasteiger partial charge in [-0.05, 0) is 43.8 Å². The van der Waals surface area contributed by atoms with Crippen LogP contribution in [-0.2, 0) is 4.79 Å². The van der Waals surface area contributed by atoms with E-state index in [4.69, 9.17) is 5.84 Å². The Bertz CT molecular complexity index is 421. The summed E-state index contributed by atoms with van der Waals surface area (Å²) >= 11 is 0. The molecule has 3 N–H and O–H groups in total. The third-order valence-electron chi connectivity index (χ3n) is 4.21. The second kappa shape index (κ2) is 7.41. The molecule has 1 aromatic carbocycles. The number of hydrogen-bond acceptors (Lipinski definition) is 3. The van der Waals surface area contributed by atoms with Crippen LogP contribution in [0.15, 0.2) is 30.3 Å². The van der Waals surface area contributed by atoms with Gasteiger partial charge in [0.1, 0.15) is 0 Å². The average Bonchev–Trinajstić information content (AvgIpc) is 2.69. The molecular formula is C16H25N3O. The molecule has 1 heterocycles. The average molecular weight is 275 g/mol. The molecule has 4 nitrogen and oxygen atoms in total. The summed E-state index contributed by atoms with van der Waals surface area (Å²) in [7, 11) is 0. The number of hydrogen-bond donors (Lipinski definition) is 2. The summed E-state index contributed by atoms with van der Waals surface area (Å²) in [6.07, 6.45) is 3.72. The second-order valence-corrected chi connectivity index (χ2v) is 5.81. The first-order chi connectivity index (χ1) is 9.70. The summed E-state index contributed by atoms with van der Waals surface area (Å²) in [5, 5.41) is 0. The monoisotopic (exact) mass is 275 g/mol. The van der Waals surface area contributed by atoms with Crippen molar-refractivity contribution in [2.75, 3.05) is 19.6 Å². The summed E-state index contributed by atoms with van der Waals surface area (Å²) in [5.41, 5.74) is 3.35. The molecule has 0 spiro atoms. The molecule has 110 valence electrons. The topological polar surface area (TPSA) is 58.4 Å². The molecule has 0 bridgehead atoms. The van der Waals surface area contributed by atoms with Crippen molar-refractivity contribution < 1.29 is 4.79 Å². The third-order valence-corrected chi connectivity index (χ3v) is 4.21. The van der Waals surface area contributed by atoms with Gasteiger partial charge in [0.15, 0.2) is 0 Å². The first-order valence-corrected chi connectivity index (χ1v) is 7.48. The largest absolute Gasteiger partial charge is 0.302 e. The molecule has 1 aliphatic heterocycles. The van der Waals surface area contributed by atoms with Crippen molar-refractivity contribution in [1.29, 1.82) is 0 Å². The lowest BCUT2D eigenvalue weighted by atomic mass is 9.97. The van der Waals surface area contributed by atoms with E-state index in [1.165, 1.54) is 19.3 Å². The van der Waals surface area contributed by atoms with E-state index in [-0.39, 0.29) is 11.8 Å². The van der Waals surface area contributed by atoms with Crippen LogP contribution in [0.1, 0.15) is 37.7 Å². The maximum atomic E-state index is 12.1. The Balaban J connectivity index is 2.06. The van der Waals surface area contributed by atoms with Crippen LogP contribution in [0.3, 0.4) is 0 Å². The van der Waals surface area contributed by atoms with E-state index in [1.807, 2.05) is 30.3 Å². The lowest BCUT2D eigenvalue weighted by Gasteiger charge is -2.25. The zero-order valence-electron chi connectivity index (χ0n) is 12.2. The Hall–Kier alpha value is -1.39. The van der Waals surface area contributed by atoms with Gasteiger partial charge in [-0.3, -0.25) is 10.2 Å².